The first-order valence-electron chi connectivity index (χ1n) is 7.25. The van der Waals surface area contributed by atoms with Gasteiger partial charge in [0.15, 0.2) is 0 Å². The lowest BCUT2D eigenvalue weighted by Crippen LogP contribution is -2.23. The van der Waals surface area contributed by atoms with E-state index in [0.29, 0.717) is 0 Å². The minimum absolute atomic E-state index is 0.0908. The van der Waals surface area contributed by atoms with Gasteiger partial charge in [-0.1, -0.05) is 11.2 Å². The first-order chi connectivity index (χ1) is 9.95. The first kappa shape index (κ1) is 15.7. The van der Waals surface area contributed by atoms with E-state index in [1.165, 1.54) is 16.7 Å². The lowest BCUT2D eigenvalue weighted by molar-refractivity contribution is 0.239. The van der Waals surface area contributed by atoms with E-state index in [1.807, 2.05) is 6.07 Å². The van der Waals surface area contributed by atoms with Gasteiger partial charge in [0.1, 0.15) is 12.0 Å². The summed E-state index contributed by atoms with van der Waals surface area (Å²) in [4.78, 5) is 2.24. The minimum Gasteiger partial charge on any atom is -0.392 e. The van der Waals surface area contributed by atoms with Gasteiger partial charge in [0, 0.05) is 12.6 Å². The molecule has 0 fully saturated rings. The normalized spacial score (nSPS) is 12.9. The van der Waals surface area contributed by atoms with E-state index in [1.54, 1.807) is 6.26 Å². The second-order valence-electron chi connectivity index (χ2n) is 5.77. The van der Waals surface area contributed by atoms with Crippen molar-refractivity contribution in [3.05, 3.63) is 51.9 Å². The predicted molar refractivity (Wildman–Crippen MR) is 83.0 cm³/mol. The van der Waals surface area contributed by atoms with Crippen LogP contribution in [0.3, 0.4) is 0 Å². The summed E-state index contributed by atoms with van der Waals surface area (Å²) in [5.41, 5.74) is 6.86. The van der Waals surface area contributed by atoms with Crippen LogP contribution in [0.2, 0.25) is 0 Å². The number of rotatable bonds is 5. The molecule has 21 heavy (non-hydrogen) atoms. The van der Waals surface area contributed by atoms with Crippen molar-refractivity contribution < 1.29 is 9.63 Å². The maximum Gasteiger partial charge on any atom is 0.124 e. The summed E-state index contributed by atoms with van der Waals surface area (Å²) in [6.07, 6.45) is 1.60. The number of hydrogen-bond donors (Lipinski definition) is 1. The second kappa shape index (κ2) is 6.41. The highest BCUT2D eigenvalue weighted by molar-refractivity contribution is 5.44. The standard InChI is InChI=1S/C17H24N2O2/c1-11-8-12(2)16(10-20)13(3)15(11)9-19(5)14(4)17-6-7-21-18-17/h6-8,14,20H,9-10H2,1-5H3. The van der Waals surface area contributed by atoms with Crippen LogP contribution in [0.1, 0.15) is 46.5 Å². The summed E-state index contributed by atoms with van der Waals surface area (Å²) in [6, 6.07) is 4.24. The molecule has 0 saturated heterocycles. The number of nitrogens with zero attached hydrogens (tertiary/aromatic N) is 2. The van der Waals surface area contributed by atoms with Crippen LogP contribution in [0.15, 0.2) is 22.9 Å². The highest BCUT2D eigenvalue weighted by Gasteiger charge is 2.18. The third-order valence-electron chi connectivity index (χ3n) is 4.40. The maximum absolute atomic E-state index is 9.57. The van der Waals surface area contributed by atoms with E-state index >= 15 is 0 Å². The number of benzene rings is 1. The Balaban J connectivity index is 2.27. The Kier molecular flexibility index (Phi) is 4.80. The third kappa shape index (κ3) is 3.17. The highest BCUT2D eigenvalue weighted by atomic mass is 16.5. The largest absolute Gasteiger partial charge is 0.392 e. The lowest BCUT2D eigenvalue weighted by atomic mass is 9.93. The molecule has 0 spiro atoms. The molecule has 0 aliphatic carbocycles. The fourth-order valence-corrected chi connectivity index (χ4v) is 2.81. The number of aromatic nitrogens is 1. The van der Waals surface area contributed by atoms with Crippen molar-refractivity contribution >= 4 is 0 Å². The van der Waals surface area contributed by atoms with Gasteiger partial charge in [0.25, 0.3) is 0 Å². The quantitative estimate of drug-likeness (QED) is 0.917. The summed E-state index contributed by atoms with van der Waals surface area (Å²) in [7, 11) is 2.08. The molecule has 4 heteroatoms. The molecule has 0 aliphatic heterocycles. The van der Waals surface area contributed by atoms with Gasteiger partial charge < -0.3 is 9.63 Å². The summed E-state index contributed by atoms with van der Waals surface area (Å²) >= 11 is 0. The molecule has 1 atom stereocenters. The number of aliphatic hydroxyl groups is 1. The average molecular weight is 288 g/mol. The van der Waals surface area contributed by atoms with Crippen molar-refractivity contribution in [1.29, 1.82) is 0 Å². The molecule has 0 bridgehead atoms. The van der Waals surface area contributed by atoms with Crippen LogP contribution in [0.25, 0.3) is 0 Å². The van der Waals surface area contributed by atoms with Crippen LogP contribution >= 0.6 is 0 Å². The van der Waals surface area contributed by atoms with Gasteiger partial charge in [-0.05, 0) is 62.6 Å². The molecular weight excluding hydrogens is 264 g/mol. The molecule has 0 radical (unpaired) electrons. The third-order valence-corrected chi connectivity index (χ3v) is 4.40. The molecular formula is C17H24N2O2. The SMILES string of the molecule is Cc1cc(C)c(CN(C)C(C)c2ccon2)c(C)c1CO. The fourth-order valence-electron chi connectivity index (χ4n) is 2.81. The van der Waals surface area contributed by atoms with Crippen molar-refractivity contribution in [2.24, 2.45) is 0 Å². The predicted octanol–water partition coefficient (Wildman–Crippen LogP) is 3.29. The lowest BCUT2D eigenvalue weighted by Gasteiger charge is -2.26. The molecule has 0 saturated carbocycles. The Morgan fingerprint density at radius 3 is 2.48 bits per heavy atom. The molecule has 2 aromatic rings. The Morgan fingerprint density at radius 2 is 1.90 bits per heavy atom. The Morgan fingerprint density at radius 1 is 1.24 bits per heavy atom. The van der Waals surface area contributed by atoms with Crippen LogP contribution in [0, 0.1) is 20.8 Å². The highest BCUT2D eigenvalue weighted by Crippen LogP contribution is 2.26. The van der Waals surface area contributed by atoms with E-state index in [4.69, 9.17) is 4.52 Å². The molecule has 4 nitrogen and oxygen atoms in total. The molecule has 114 valence electrons. The van der Waals surface area contributed by atoms with Gasteiger partial charge >= 0.3 is 0 Å². The van der Waals surface area contributed by atoms with Crippen LogP contribution < -0.4 is 0 Å². The topological polar surface area (TPSA) is 49.5 Å². The molecule has 1 aromatic heterocycles. The second-order valence-corrected chi connectivity index (χ2v) is 5.77. The zero-order chi connectivity index (χ0) is 15.6. The Labute approximate surface area is 126 Å². The maximum atomic E-state index is 9.57. The summed E-state index contributed by atoms with van der Waals surface area (Å²) < 4.78 is 4.93. The average Bonchev–Trinajstić information content (AvgIpc) is 2.96. The Hall–Kier alpha value is -1.65. The van der Waals surface area contributed by atoms with Crippen LogP contribution in [0.4, 0.5) is 0 Å². The van der Waals surface area contributed by atoms with E-state index < -0.39 is 0 Å². The minimum atomic E-state index is 0.0908. The number of aryl methyl sites for hydroxylation is 2. The van der Waals surface area contributed by atoms with Gasteiger partial charge in [0.05, 0.1) is 12.6 Å². The zero-order valence-corrected chi connectivity index (χ0v) is 13.5. The molecule has 1 unspecified atom stereocenters. The fraction of sp³-hybridized carbons (Fsp3) is 0.471. The van der Waals surface area contributed by atoms with Crippen molar-refractivity contribution in [2.45, 2.75) is 46.9 Å². The van der Waals surface area contributed by atoms with E-state index in [9.17, 15) is 5.11 Å². The van der Waals surface area contributed by atoms with Crippen molar-refractivity contribution in [2.75, 3.05) is 7.05 Å². The van der Waals surface area contributed by atoms with Crippen LogP contribution in [-0.4, -0.2) is 22.2 Å². The van der Waals surface area contributed by atoms with Gasteiger partial charge in [0.2, 0.25) is 0 Å². The van der Waals surface area contributed by atoms with Gasteiger partial charge in [-0.15, -0.1) is 0 Å². The molecule has 1 N–H and O–H groups in total. The molecule has 1 heterocycles. The number of hydrogen-bond acceptors (Lipinski definition) is 4. The monoisotopic (exact) mass is 288 g/mol. The number of aliphatic hydroxyl groups excluding tert-OH is 1. The van der Waals surface area contributed by atoms with Crippen LogP contribution in [0.5, 0.6) is 0 Å². The van der Waals surface area contributed by atoms with Crippen molar-refractivity contribution in [1.82, 2.24) is 10.1 Å². The molecule has 2 rings (SSSR count). The summed E-state index contributed by atoms with van der Waals surface area (Å²) in [6.45, 7) is 9.30. The summed E-state index contributed by atoms with van der Waals surface area (Å²) in [5, 5.41) is 13.6. The van der Waals surface area contributed by atoms with Gasteiger partial charge in [-0.25, -0.2) is 0 Å². The molecule has 1 aromatic carbocycles. The van der Waals surface area contributed by atoms with E-state index in [2.05, 4.69) is 50.9 Å². The Bertz CT molecular complexity index is 606. The molecule has 0 aliphatic rings. The zero-order valence-electron chi connectivity index (χ0n) is 13.5. The van der Waals surface area contributed by atoms with Gasteiger partial charge in [-0.2, -0.15) is 0 Å². The van der Waals surface area contributed by atoms with E-state index in [-0.39, 0.29) is 12.6 Å². The smallest absolute Gasteiger partial charge is 0.124 e. The van der Waals surface area contributed by atoms with E-state index in [0.717, 1.165) is 23.4 Å². The first-order valence-corrected chi connectivity index (χ1v) is 7.25. The van der Waals surface area contributed by atoms with Crippen molar-refractivity contribution in [3.8, 4) is 0 Å². The molecule has 0 amide bonds. The van der Waals surface area contributed by atoms with Gasteiger partial charge in [-0.3, -0.25) is 4.90 Å². The summed E-state index contributed by atoms with van der Waals surface area (Å²) in [5.74, 6) is 0. The van der Waals surface area contributed by atoms with Crippen LogP contribution in [-0.2, 0) is 13.2 Å². The van der Waals surface area contributed by atoms with Crippen molar-refractivity contribution in [3.63, 3.8) is 0 Å².